The van der Waals surface area contributed by atoms with E-state index in [0.717, 1.165) is 11.3 Å². The summed E-state index contributed by atoms with van der Waals surface area (Å²) in [6.45, 7) is 0.386. The monoisotopic (exact) mass is 580 g/mol. The van der Waals surface area contributed by atoms with E-state index in [9.17, 15) is 22.8 Å². The van der Waals surface area contributed by atoms with Crippen LogP contribution < -0.4 is 19.6 Å². The summed E-state index contributed by atoms with van der Waals surface area (Å²) in [5, 5.41) is 0. The molecule has 0 unspecified atom stereocenters. The summed E-state index contributed by atoms with van der Waals surface area (Å²) in [7, 11) is 1.27. The van der Waals surface area contributed by atoms with Crippen molar-refractivity contribution in [2.24, 2.45) is 4.99 Å². The third-order valence-electron chi connectivity index (χ3n) is 5.42. The molecule has 11 heteroatoms. The van der Waals surface area contributed by atoms with Crippen molar-refractivity contribution in [3.05, 3.63) is 95.1 Å². The molecule has 2 heterocycles. The highest BCUT2D eigenvalue weighted by atomic mass is 79.9. The second kappa shape index (κ2) is 10.4. The minimum Gasteiger partial charge on any atom is -0.483 e. The summed E-state index contributed by atoms with van der Waals surface area (Å²) < 4.78 is 50.5. The number of hydrogen-bond donors (Lipinski definition) is 0. The van der Waals surface area contributed by atoms with Crippen LogP contribution in [0.2, 0.25) is 0 Å². The molecule has 1 aliphatic heterocycles. The van der Waals surface area contributed by atoms with Crippen LogP contribution in [-0.2, 0) is 9.53 Å². The Morgan fingerprint density at radius 1 is 1.22 bits per heavy atom. The fourth-order valence-electron chi connectivity index (χ4n) is 3.88. The number of fused-ring (bicyclic) bond motifs is 1. The summed E-state index contributed by atoms with van der Waals surface area (Å²) in [5.41, 5.74) is 1.31. The summed E-state index contributed by atoms with van der Waals surface area (Å²) >= 11 is 4.39. The minimum atomic E-state index is -4.51. The van der Waals surface area contributed by atoms with Gasteiger partial charge in [0.05, 0.1) is 29.0 Å². The molecule has 0 saturated carbocycles. The molecule has 2 aromatic carbocycles. The van der Waals surface area contributed by atoms with Crippen LogP contribution in [0, 0.1) is 0 Å². The quantitative estimate of drug-likeness (QED) is 0.402. The molecule has 0 fully saturated rings. The van der Waals surface area contributed by atoms with Crippen LogP contribution in [-0.4, -0.2) is 30.4 Å². The van der Waals surface area contributed by atoms with Crippen LogP contribution >= 0.6 is 27.3 Å². The van der Waals surface area contributed by atoms with Gasteiger partial charge in [0, 0.05) is 10.0 Å². The molecule has 1 aliphatic rings. The molecule has 4 rings (SSSR count). The van der Waals surface area contributed by atoms with Gasteiger partial charge in [-0.05, 0) is 36.3 Å². The highest BCUT2D eigenvalue weighted by Crippen LogP contribution is 2.32. The molecule has 0 bridgehead atoms. The highest BCUT2D eigenvalue weighted by Gasteiger charge is 2.34. The van der Waals surface area contributed by atoms with E-state index in [-0.39, 0.29) is 21.4 Å². The average Bonchev–Trinajstić information content (AvgIpc) is 3.16. The van der Waals surface area contributed by atoms with Crippen molar-refractivity contribution in [1.29, 1.82) is 0 Å². The minimum absolute atomic E-state index is 0.0227. The predicted molar refractivity (Wildman–Crippen MR) is 133 cm³/mol. The van der Waals surface area contributed by atoms with Crippen molar-refractivity contribution >= 4 is 39.3 Å². The maximum atomic E-state index is 13.6. The first-order chi connectivity index (χ1) is 17.1. The zero-order valence-electron chi connectivity index (χ0n) is 19.1. The molecule has 1 aromatic heterocycles. The molecule has 0 N–H and O–H groups in total. The molecule has 0 radical (unpaired) electrons. The predicted octanol–water partition coefficient (Wildman–Crippen LogP) is 4.50. The summed E-state index contributed by atoms with van der Waals surface area (Å²) in [5.74, 6) is -0.612. The maximum absolute atomic E-state index is 13.6. The lowest BCUT2D eigenvalue weighted by atomic mass is 9.95. The number of methoxy groups -OCH3 is 1. The summed E-state index contributed by atoms with van der Waals surface area (Å²) in [4.78, 5) is 31.4. The number of halogens is 4. The first kappa shape index (κ1) is 25.9. The van der Waals surface area contributed by atoms with Gasteiger partial charge in [0.1, 0.15) is 5.75 Å². The van der Waals surface area contributed by atoms with Crippen molar-refractivity contribution in [3.63, 3.8) is 0 Å². The van der Waals surface area contributed by atoms with Gasteiger partial charge >= 0.3 is 12.1 Å². The number of carbonyl (C=O) groups excluding carboxylic acids is 1. The first-order valence-electron chi connectivity index (χ1n) is 10.8. The number of aromatic nitrogens is 1. The zero-order chi connectivity index (χ0) is 26.0. The van der Waals surface area contributed by atoms with Gasteiger partial charge in [0.2, 0.25) is 0 Å². The van der Waals surface area contributed by atoms with Gasteiger partial charge in [0.25, 0.3) is 5.56 Å². The average molecular weight is 581 g/mol. The van der Waals surface area contributed by atoms with E-state index in [1.807, 2.05) is 13.0 Å². The number of thiazole rings is 1. The van der Waals surface area contributed by atoms with Crippen molar-refractivity contribution in [1.82, 2.24) is 4.57 Å². The van der Waals surface area contributed by atoms with Crippen molar-refractivity contribution in [2.45, 2.75) is 25.6 Å². The van der Waals surface area contributed by atoms with E-state index in [1.54, 1.807) is 36.4 Å². The molecule has 188 valence electrons. The SMILES string of the molecule is CCC1=C(C(=O)OC)[C@H](c2ccccc2)n2c(s/c(=C/c3cc(Br)ccc3OCC(F)(F)F)c2=O)=N1. The lowest BCUT2D eigenvalue weighted by Gasteiger charge is -2.25. The van der Waals surface area contributed by atoms with Crippen LogP contribution in [0.1, 0.15) is 30.5 Å². The van der Waals surface area contributed by atoms with E-state index in [4.69, 9.17) is 9.47 Å². The Balaban J connectivity index is 1.93. The topological polar surface area (TPSA) is 69.9 Å². The van der Waals surface area contributed by atoms with Crippen LogP contribution in [0.15, 0.2) is 74.1 Å². The van der Waals surface area contributed by atoms with Crippen molar-refractivity contribution < 1.29 is 27.4 Å². The van der Waals surface area contributed by atoms with E-state index >= 15 is 0 Å². The van der Waals surface area contributed by atoms with Gasteiger partial charge in [0.15, 0.2) is 11.4 Å². The van der Waals surface area contributed by atoms with E-state index in [0.29, 0.717) is 27.0 Å². The molecule has 3 aromatic rings. The van der Waals surface area contributed by atoms with Crippen molar-refractivity contribution in [3.8, 4) is 5.75 Å². The van der Waals surface area contributed by atoms with Gasteiger partial charge < -0.3 is 9.47 Å². The Labute approximate surface area is 216 Å². The largest absolute Gasteiger partial charge is 0.483 e. The van der Waals surface area contributed by atoms with Crippen LogP contribution in [0.5, 0.6) is 5.75 Å². The number of esters is 1. The molecule has 1 atom stereocenters. The smallest absolute Gasteiger partial charge is 0.422 e. The summed E-state index contributed by atoms with van der Waals surface area (Å²) in [6.07, 6.45) is -2.62. The third kappa shape index (κ3) is 5.31. The fraction of sp³-hybridized carbons (Fsp3) is 0.240. The summed E-state index contributed by atoms with van der Waals surface area (Å²) in [6, 6.07) is 12.8. The lowest BCUT2D eigenvalue weighted by molar-refractivity contribution is -0.153. The molecular weight excluding hydrogens is 561 g/mol. The Kier molecular flexibility index (Phi) is 7.51. The number of nitrogens with zero attached hydrogens (tertiary/aromatic N) is 2. The Hall–Kier alpha value is -3.18. The number of benzene rings is 2. The number of ether oxygens (including phenoxy) is 2. The van der Waals surface area contributed by atoms with Crippen LogP contribution in [0.4, 0.5) is 13.2 Å². The van der Waals surface area contributed by atoms with E-state index in [1.165, 1.54) is 23.8 Å². The Bertz CT molecular complexity index is 1510. The second-order valence-electron chi connectivity index (χ2n) is 7.78. The zero-order valence-corrected chi connectivity index (χ0v) is 21.5. The third-order valence-corrected chi connectivity index (χ3v) is 6.89. The number of rotatable bonds is 6. The maximum Gasteiger partial charge on any atom is 0.422 e. The fourth-order valence-corrected chi connectivity index (χ4v) is 5.27. The molecular formula is C25H20BrF3N2O4S. The molecule has 0 saturated heterocycles. The van der Waals surface area contributed by atoms with E-state index in [2.05, 4.69) is 20.9 Å². The van der Waals surface area contributed by atoms with Crippen molar-refractivity contribution in [2.75, 3.05) is 13.7 Å². The Morgan fingerprint density at radius 3 is 2.58 bits per heavy atom. The molecule has 36 heavy (non-hydrogen) atoms. The van der Waals surface area contributed by atoms with Gasteiger partial charge in [-0.1, -0.05) is 64.5 Å². The van der Waals surface area contributed by atoms with Gasteiger partial charge in [-0.2, -0.15) is 13.2 Å². The molecule has 0 amide bonds. The number of hydrogen-bond acceptors (Lipinski definition) is 6. The Morgan fingerprint density at radius 2 is 1.94 bits per heavy atom. The second-order valence-corrected chi connectivity index (χ2v) is 9.71. The van der Waals surface area contributed by atoms with Crippen LogP contribution in [0.25, 0.3) is 6.08 Å². The normalized spacial score (nSPS) is 15.9. The first-order valence-corrected chi connectivity index (χ1v) is 12.4. The lowest BCUT2D eigenvalue weighted by Crippen LogP contribution is -2.40. The van der Waals surface area contributed by atoms with Gasteiger partial charge in [-0.15, -0.1) is 0 Å². The standard InChI is InChI=1S/C25H20BrF3N2O4S/c1-3-17-20(23(33)34-2)21(14-7-5-4-6-8-14)31-22(32)19(36-24(31)30-17)12-15-11-16(26)9-10-18(15)35-13-25(27,28)29/h4-12,21H,3,13H2,1-2H3/b19-12+/t21-/m0/s1. The molecule has 6 nitrogen and oxygen atoms in total. The number of carbonyl (C=O) groups is 1. The molecule has 0 aliphatic carbocycles. The highest BCUT2D eigenvalue weighted by molar-refractivity contribution is 9.10. The van der Waals surface area contributed by atoms with Crippen LogP contribution in [0.3, 0.4) is 0 Å². The van der Waals surface area contributed by atoms with Gasteiger partial charge in [-0.3, -0.25) is 9.36 Å². The van der Waals surface area contributed by atoms with Gasteiger partial charge in [-0.25, -0.2) is 9.79 Å². The number of alkyl halides is 3. The van der Waals surface area contributed by atoms with E-state index < -0.39 is 30.4 Å². The molecule has 0 spiro atoms. The number of allylic oxidation sites excluding steroid dienone is 1.